The molecule has 0 fully saturated rings. The van der Waals surface area contributed by atoms with Crippen LogP contribution in [0.25, 0.3) is 6.08 Å². The van der Waals surface area contributed by atoms with Crippen molar-refractivity contribution in [3.63, 3.8) is 0 Å². The molecule has 1 heterocycles. The summed E-state index contributed by atoms with van der Waals surface area (Å²) in [6.07, 6.45) is 7.56. The van der Waals surface area contributed by atoms with Gasteiger partial charge in [0.05, 0.1) is 12.5 Å². The van der Waals surface area contributed by atoms with Crippen LogP contribution in [0.2, 0.25) is 5.82 Å². The Morgan fingerprint density at radius 3 is 2.70 bits per heavy atom. The summed E-state index contributed by atoms with van der Waals surface area (Å²) in [5.41, 5.74) is 4.94. The number of furan rings is 1. The quantitative estimate of drug-likeness (QED) is 0.488. The van der Waals surface area contributed by atoms with Crippen LogP contribution in [0.5, 0.6) is 0 Å². The highest BCUT2D eigenvalue weighted by Gasteiger charge is 2.24. The van der Waals surface area contributed by atoms with E-state index in [0.717, 1.165) is 40.0 Å². The van der Waals surface area contributed by atoms with E-state index in [-0.39, 0.29) is 17.5 Å². The average molecular weight is 312 g/mol. The summed E-state index contributed by atoms with van der Waals surface area (Å²) in [6.45, 7) is 7.97. The maximum absolute atomic E-state index is 10.3. The van der Waals surface area contributed by atoms with Crippen LogP contribution in [0.4, 0.5) is 0 Å². The van der Waals surface area contributed by atoms with Crippen LogP contribution in [0.15, 0.2) is 57.1 Å². The lowest BCUT2D eigenvalue weighted by molar-refractivity contribution is 0.419. The number of hydrogen-bond acceptors (Lipinski definition) is 3. The molecule has 0 aromatic carbocycles. The smallest absolute Gasteiger partial charge is 0.116 e. The SMILES string of the molecule is BC(/C=C(/O)C(C)=C(C)C)/C(=C/O)C1=Cc2ccoc2CC1C. The Bertz CT molecular complexity index is 700. The summed E-state index contributed by atoms with van der Waals surface area (Å²) in [7, 11) is 1.98. The van der Waals surface area contributed by atoms with Gasteiger partial charge in [-0.25, -0.2) is 0 Å². The molecule has 2 atom stereocenters. The summed E-state index contributed by atoms with van der Waals surface area (Å²) in [5.74, 6) is 1.43. The van der Waals surface area contributed by atoms with E-state index in [9.17, 15) is 10.2 Å². The summed E-state index contributed by atoms with van der Waals surface area (Å²) in [5, 5.41) is 20.0. The molecule has 0 radical (unpaired) electrons. The van der Waals surface area contributed by atoms with E-state index in [1.165, 1.54) is 6.26 Å². The first-order chi connectivity index (χ1) is 10.8. The highest BCUT2D eigenvalue weighted by Crippen LogP contribution is 2.37. The fourth-order valence-electron chi connectivity index (χ4n) is 2.87. The summed E-state index contributed by atoms with van der Waals surface area (Å²) >= 11 is 0. The van der Waals surface area contributed by atoms with Crippen molar-refractivity contribution in [3.8, 4) is 0 Å². The van der Waals surface area contributed by atoms with Crippen LogP contribution >= 0.6 is 0 Å². The number of fused-ring (bicyclic) bond motifs is 1. The van der Waals surface area contributed by atoms with Crippen molar-refractivity contribution in [2.45, 2.75) is 39.9 Å². The van der Waals surface area contributed by atoms with E-state index in [0.29, 0.717) is 0 Å². The van der Waals surface area contributed by atoms with Gasteiger partial charge in [0.25, 0.3) is 0 Å². The number of aliphatic hydroxyl groups excluding tert-OH is 2. The molecule has 2 N–H and O–H groups in total. The average Bonchev–Trinajstić information content (AvgIpc) is 2.94. The third-order valence-corrected chi connectivity index (χ3v) is 4.62. The molecule has 3 nitrogen and oxygen atoms in total. The van der Waals surface area contributed by atoms with Crippen molar-refractivity contribution in [1.29, 1.82) is 0 Å². The van der Waals surface area contributed by atoms with Crippen LogP contribution in [0.3, 0.4) is 0 Å². The van der Waals surface area contributed by atoms with E-state index in [1.807, 2.05) is 34.7 Å². The van der Waals surface area contributed by atoms with Gasteiger partial charge in [0.15, 0.2) is 0 Å². The molecular weight excluding hydrogens is 287 g/mol. The maximum Gasteiger partial charge on any atom is 0.116 e. The molecule has 0 amide bonds. The van der Waals surface area contributed by atoms with E-state index in [2.05, 4.69) is 13.0 Å². The minimum atomic E-state index is -0.0866. The summed E-state index contributed by atoms with van der Waals surface area (Å²) in [4.78, 5) is 0. The molecule has 122 valence electrons. The molecule has 0 spiro atoms. The molecule has 0 aliphatic heterocycles. The third kappa shape index (κ3) is 3.63. The van der Waals surface area contributed by atoms with E-state index >= 15 is 0 Å². The second-order valence-electron chi connectivity index (χ2n) is 6.55. The monoisotopic (exact) mass is 312 g/mol. The van der Waals surface area contributed by atoms with Crippen LogP contribution in [0.1, 0.15) is 39.0 Å². The molecule has 1 aliphatic rings. The Labute approximate surface area is 139 Å². The van der Waals surface area contributed by atoms with Crippen molar-refractivity contribution >= 4 is 13.9 Å². The molecule has 4 heteroatoms. The minimum Gasteiger partial charge on any atom is -0.515 e. The normalized spacial score (nSPS) is 19.8. The van der Waals surface area contributed by atoms with Crippen molar-refractivity contribution < 1.29 is 14.6 Å². The Kier molecular flexibility index (Phi) is 5.25. The van der Waals surface area contributed by atoms with Gasteiger partial charge in [-0.05, 0) is 67.4 Å². The van der Waals surface area contributed by atoms with Crippen LogP contribution in [-0.2, 0) is 6.42 Å². The Balaban J connectivity index is 2.34. The molecular formula is C19H25BO3. The molecule has 1 aliphatic carbocycles. The second-order valence-corrected chi connectivity index (χ2v) is 6.55. The van der Waals surface area contributed by atoms with E-state index in [4.69, 9.17) is 4.42 Å². The molecule has 0 bridgehead atoms. The largest absolute Gasteiger partial charge is 0.515 e. The van der Waals surface area contributed by atoms with Crippen LogP contribution in [-0.4, -0.2) is 18.1 Å². The number of allylic oxidation sites excluding steroid dienone is 5. The highest BCUT2D eigenvalue weighted by atomic mass is 16.3. The van der Waals surface area contributed by atoms with Gasteiger partial charge >= 0.3 is 0 Å². The Morgan fingerprint density at radius 2 is 2.09 bits per heavy atom. The summed E-state index contributed by atoms with van der Waals surface area (Å²) < 4.78 is 5.49. The van der Waals surface area contributed by atoms with Crippen molar-refractivity contribution in [2.75, 3.05) is 0 Å². The first-order valence-corrected chi connectivity index (χ1v) is 8.03. The zero-order valence-electron chi connectivity index (χ0n) is 14.6. The lowest BCUT2D eigenvalue weighted by atomic mass is 9.72. The zero-order chi connectivity index (χ0) is 17.1. The fourth-order valence-corrected chi connectivity index (χ4v) is 2.87. The molecule has 0 saturated carbocycles. The Morgan fingerprint density at radius 1 is 1.39 bits per heavy atom. The number of hydrogen-bond donors (Lipinski definition) is 2. The first kappa shape index (κ1) is 17.3. The van der Waals surface area contributed by atoms with Crippen LogP contribution in [0, 0.1) is 5.92 Å². The van der Waals surface area contributed by atoms with E-state index < -0.39 is 0 Å². The van der Waals surface area contributed by atoms with Gasteiger partial charge in [-0.15, -0.1) is 0 Å². The van der Waals surface area contributed by atoms with E-state index in [1.54, 1.807) is 12.3 Å². The Hall–Kier alpha value is -2.10. The molecule has 2 unspecified atom stereocenters. The third-order valence-electron chi connectivity index (χ3n) is 4.62. The van der Waals surface area contributed by atoms with Gasteiger partial charge in [-0.2, -0.15) is 0 Å². The van der Waals surface area contributed by atoms with Crippen LogP contribution < -0.4 is 0 Å². The highest BCUT2D eigenvalue weighted by molar-refractivity contribution is 6.15. The zero-order valence-corrected chi connectivity index (χ0v) is 14.6. The predicted molar refractivity (Wildman–Crippen MR) is 97.3 cm³/mol. The summed E-state index contributed by atoms with van der Waals surface area (Å²) in [6, 6.07) is 1.95. The van der Waals surface area contributed by atoms with Gasteiger partial charge in [0, 0.05) is 12.0 Å². The molecule has 0 saturated heterocycles. The fraction of sp³-hybridized carbons (Fsp3) is 0.368. The van der Waals surface area contributed by atoms with Crippen molar-refractivity contribution in [3.05, 3.63) is 64.0 Å². The van der Waals surface area contributed by atoms with Crippen molar-refractivity contribution in [1.82, 2.24) is 0 Å². The topological polar surface area (TPSA) is 53.6 Å². The predicted octanol–water partition coefficient (Wildman–Crippen LogP) is 4.52. The molecule has 1 aromatic rings. The van der Waals surface area contributed by atoms with Gasteiger partial charge in [0.2, 0.25) is 0 Å². The molecule has 23 heavy (non-hydrogen) atoms. The number of rotatable bonds is 4. The standard InChI is InChI=1S/C19H25BO3/c1-11(2)13(4)18(22)9-17(20)16(10-21)15-8-14-5-6-23-19(14)7-12(15)3/h5-6,8-10,12,17,21-22H,7,20H2,1-4H3/b16-10+,18-9+. The van der Waals surface area contributed by atoms with Gasteiger partial charge < -0.3 is 14.6 Å². The maximum atomic E-state index is 10.3. The van der Waals surface area contributed by atoms with Crippen molar-refractivity contribution in [2.24, 2.45) is 5.92 Å². The lowest BCUT2D eigenvalue weighted by Gasteiger charge is -2.24. The number of aliphatic hydroxyl groups is 2. The van der Waals surface area contributed by atoms with Gasteiger partial charge in [-0.3, -0.25) is 0 Å². The lowest BCUT2D eigenvalue weighted by Crippen LogP contribution is -2.13. The van der Waals surface area contributed by atoms with Gasteiger partial charge in [0.1, 0.15) is 19.4 Å². The second kappa shape index (κ2) is 6.99. The molecule has 2 rings (SSSR count). The van der Waals surface area contributed by atoms with Gasteiger partial charge in [-0.1, -0.05) is 12.5 Å². The first-order valence-electron chi connectivity index (χ1n) is 8.03. The minimum absolute atomic E-state index is 0.0866. The molecule has 1 aromatic heterocycles.